The van der Waals surface area contributed by atoms with Crippen molar-refractivity contribution >= 4 is 5.95 Å². The van der Waals surface area contributed by atoms with Gasteiger partial charge in [0, 0.05) is 31.0 Å². The molecule has 0 aromatic carbocycles. The fraction of sp³-hybridized carbons (Fsp3) is 0.538. The molecule has 5 heteroatoms. The third-order valence-electron chi connectivity index (χ3n) is 2.88. The Labute approximate surface area is 107 Å². The lowest BCUT2D eigenvalue weighted by atomic mass is 10.2. The number of imidazole rings is 1. The van der Waals surface area contributed by atoms with Gasteiger partial charge in [0.2, 0.25) is 5.95 Å². The summed E-state index contributed by atoms with van der Waals surface area (Å²) in [7, 11) is 0. The highest BCUT2D eigenvalue weighted by molar-refractivity contribution is 5.31. The number of hydrogen-bond donors (Lipinski definition) is 1. The lowest BCUT2D eigenvalue weighted by Crippen LogP contribution is -2.10. The van der Waals surface area contributed by atoms with Crippen molar-refractivity contribution in [3.63, 3.8) is 0 Å². The van der Waals surface area contributed by atoms with Crippen LogP contribution in [0.15, 0.2) is 16.9 Å². The van der Waals surface area contributed by atoms with E-state index in [2.05, 4.69) is 33.9 Å². The molecule has 0 aliphatic rings. The van der Waals surface area contributed by atoms with Gasteiger partial charge in [-0.15, -0.1) is 0 Å². The lowest BCUT2D eigenvalue weighted by molar-refractivity contribution is 0.392. The van der Waals surface area contributed by atoms with Crippen LogP contribution in [0, 0.1) is 19.8 Å². The van der Waals surface area contributed by atoms with Crippen LogP contribution < -0.4 is 5.32 Å². The summed E-state index contributed by atoms with van der Waals surface area (Å²) in [6, 6.07) is 0. The van der Waals surface area contributed by atoms with E-state index in [1.807, 2.05) is 26.2 Å². The van der Waals surface area contributed by atoms with Crippen LogP contribution in [0.2, 0.25) is 0 Å². The molecule has 2 heterocycles. The van der Waals surface area contributed by atoms with Crippen LogP contribution in [0.5, 0.6) is 0 Å². The van der Waals surface area contributed by atoms with Crippen LogP contribution in [0.1, 0.15) is 30.9 Å². The third-order valence-corrected chi connectivity index (χ3v) is 2.88. The summed E-state index contributed by atoms with van der Waals surface area (Å²) in [5.41, 5.74) is 2.04. The van der Waals surface area contributed by atoms with Crippen LogP contribution in [-0.4, -0.2) is 14.7 Å². The van der Waals surface area contributed by atoms with Crippen molar-refractivity contribution < 1.29 is 4.52 Å². The van der Waals surface area contributed by atoms with Gasteiger partial charge in [-0.3, -0.25) is 0 Å². The lowest BCUT2D eigenvalue weighted by Gasteiger charge is -2.11. The minimum absolute atomic E-state index is 0.596. The predicted octanol–water partition coefficient (Wildman–Crippen LogP) is 2.76. The highest BCUT2D eigenvalue weighted by Gasteiger charge is 2.10. The summed E-state index contributed by atoms with van der Waals surface area (Å²) in [5.74, 6) is 2.35. The van der Waals surface area contributed by atoms with Crippen LogP contribution in [0.25, 0.3) is 0 Å². The molecule has 2 aromatic rings. The van der Waals surface area contributed by atoms with Gasteiger partial charge in [-0.1, -0.05) is 19.0 Å². The van der Waals surface area contributed by atoms with E-state index < -0.39 is 0 Å². The van der Waals surface area contributed by atoms with Crippen molar-refractivity contribution in [3.8, 4) is 0 Å². The van der Waals surface area contributed by atoms with Crippen molar-refractivity contribution in [2.24, 2.45) is 5.92 Å². The Hall–Kier alpha value is -1.78. The summed E-state index contributed by atoms with van der Waals surface area (Å²) in [6.45, 7) is 9.92. The molecule has 2 rings (SSSR count). The average Bonchev–Trinajstić information content (AvgIpc) is 2.85. The SMILES string of the molecule is Cc1noc(C)c1CNc1nccn1CC(C)C. The summed E-state index contributed by atoms with van der Waals surface area (Å²) in [5, 5.41) is 7.28. The van der Waals surface area contributed by atoms with E-state index in [1.165, 1.54) is 0 Å². The van der Waals surface area contributed by atoms with E-state index in [0.29, 0.717) is 12.5 Å². The zero-order valence-corrected chi connectivity index (χ0v) is 11.4. The van der Waals surface area contributed by atoms with Gasteiger partial charge in [0.05, 0.1) is 5.69 Å². The first-order chi connectivity index (χ1) is 8.58. The summed E-state index contributed by atoms with van der Waals surface area (Å²) in [4.78, 5) is 4.33. The molecule has 0 saturated heterocycles. The summed E-state index contributed by atoms with van der Waals surface area (Å²) >= 11 is 0. The maximum atomic E-state index is 5.14. The number of nitrogens with zero attached hydrogens (tertiary/aromatic N) is 3. The Morgan fingerprint density at radius 3 is 2.78 bits per heavy atom. The molecule has 1 N–H and O–H groups in total. The molecule has 0 aliphatic carbocycles. The van der Waals surface area contributed by atoms with Crippen molar-refractivity contribution in [2.45, 2.75) is 40.8 Å². The largest absolute Gasteiger partial charge is 0.361 e. The molecule has 0 amide bonds. The minimum Gasteiger partial charge on any atom is -0.361 e. The summed E-state index contributed by atoms with van der Waals surface area (Å²) < 4.78 is 7.27. The first-order valence-electron chi connectivity index (χ1n) is 6.24. The second-order valence-corrected chi connectivity index (χ2v) is 4.95. The van der Waals surface area contributed by atoms with Gasteiger partial charge < -0.3 is 14.4 Å². The summed E-state index contributed by atoms with van der Waals surface area (Å²) in [6.07, 6.45) is 3.81. The Balaban J connectivity index is 2.04. The molecule has 5 nitrogen and oxygen atoms in total. The monoisotopic (exact) mass is 248 g/mol. The van der Waals surface area contributed by atoms with E-state index in [1.54, 1.807) is 0 Å². The zero-order chi connectivity index (χ0) is 13.1. The molecule has 0 saturated carbocycles. The van der Waals surface area contributed by atoms with Crippen LogP contribution >= 0.6 is 0 Å². The second kappa shape index (κ2) is 5.25. The van der Waals surface area contributed by atoms with Crippen LogP contribution in [0.4, 0.5) is 5.95 Å². The number of aryl methyl sites for hydroxylation is 2. The molecule has 0 spiro atoms. The second-order valence-electron chi connectivity index (χ2n) is 4.95. The topological polar surface area (TPSA) is 55.9 Å². The molecule has 0 radical (unpaired) electrons. The van der Waals surface area contributed by atoms with Crippen molar-refractivity contribution in [1.29, 1.82) is 0 Å². The Morgan fingerprint density at radius 1 is 1.39 bits per heavy atom. The van der Waals surface area contributed by atoms with Gasteiger partial charge in [0.15, 0.2) is 0 Å². The Morgan fingerprint density at radius 2 is 2.17 bits per heavy atom. The van der Waals surface area contributed by atoms with Crippen LogP contribution in [0.3, 0.4) is 0 Å². The molecular weight excluding hydrogens is 228 g/mol. The molecule has 0 fully saturated rings. The van der Waals surface area contributed by atoms with Gasteiger partial charge in [0.25, 0.3) is 0 Å². The fourth-order valence-corrected chi connectivity index (χ4v) is 1.94. The first kappa shape index (κ1) is 12.7. The van der Waals surface area contributed by atoms with E-state index in [9.17, 15) is 0 Å². The zero-order valence-electron chi connectivity index (χ0n) is 11.4. The Bertz CT molecular complexity index is 493. The van der Waals surface area contributed by atoms with Gasteiger partial charge in [-0.05, 0) is 19.8 Å². The number of anilines is 1. The van der Waals surface area contributed by atoms with E-state index in [4.69, 9.17) is 4.52 Å². The third kappa shape index (κ3) is 2.72. The maximum Gasteiger partial charge on any atom is 0.203 e. The molecule has 0 bridgehead atoms. The molecule has 0 atom stereocenters. The highest BCUT2D eigenvalue weighted by Crippen LogP contribution is 2.15. The van der Waals surface area contributed by atoms with Crippen LogP contribution in [-0.2, 0) is 13.1 Å². The van der Waals surface area contributed by atoms with Gasteiger partial charge in [-0.25, -0.2) is 4.98 Å². The number of hydrogen-bond acceptors (Lipinski definition) is 4. The van der Waals surface area contributed by atoms with Gasteiger partial charge >= 0.3 is 0 Å². The quantitative estimate of drug-likeness (QED) is 0.884. The van der Waals surface area contributed by atoms with Crippen molar-refractivity contribution in [1.82, 2.24) is 14.7 Å². The highest BCUT2D eigenvalue weighted by atomic mass is 16.5. The van der Waals surface area contributed by atoms with Crippen molar-refractivity contribution in [2.75, 3.05) is 5.32 Å². The smallest absolute Gasteiger partial charge is 0.203 e. The van der Waals surface area contributed by atoms with E-state index in [0.717, 1.165) is 29.5 Å². The predicted molar refractivity (Wildman–Crippen MR) is 70.4 cm³/mol. The normalized spacial score (nSPS) is 11.2. The van der Waals surface area contributed by atoms with Gasteiger partial charge in [0.1, 0.15) is 5.76 Å². The number of aromatic nitrogens is 3. The maximum absolute atomic E-state index is 5.14. The Kier molecular flexibility index (Phi) is 3.69. The molecular formula is C13H20N4O. The van der Waals surface area contributed by atoms with Crippen molar-refractivity contribution in [3.05, 3.63) is 29.4 Å². The first-order valence-corrected chi connectivity index (χ1v) is 6.24. The molecule has 98 valence electrons. The number of rotatable bonds is 5. The average molecular weight is 248 g/mol. The molecule has 0 unspecified atom stereocenters. The van der Waals surface area contributed by atoms with Gasteiger partial charge in [-0.2, -0.15) is 0 Å². The molecule has 2 aromatic heterocycles. The fourth-order valence-electron chi connectivity index (χ4n) is 1.94. The standard InChI is InChI=1S/C13H20N4O/c1-9(2)8-17-6-5-14-13(17)15-7-12-10(3)16-18-11(12)4/h5-6,9H,7-8H2,1-4H3,(H,14,15). The molecule has 0 aliphatic heterocycles. The minimum atomic E-state index is 0.596. The number of nitrogens with one attached hydrogen (secondary N) is 1. The molecule has 18 heavy (non-hydrogen) atoms. The van der Waals surface area contributed by atoms with E-state index >= 15 is 0 Å². The van der Waals surface area contributed by atoms with E-state index in [-0.39, 0.29) is 0 Å².